The summed E-state index contributed by atoms with van der Waals surface area (Å²) in [6.07, 6.45) is 2.35. The van der Waals surface area contributed by atoms with Crippen LogP contribution in [0.25, 0.3) is 0 Å². The van der Waals surface area contributed by atoms with E-state index in [1.165, 1.54) is 33.8 Å². The van der Waals surface area contributed by atoms with E-state index in [9.17, 15) is 13.2 Å². The fraction of sp³-hybridized carbons (Fsp3) is 0.286. The number of nitrogens with zero attached hydrogens (tertiary/aromatic N) is 3. The summed E-state index contributed by atoms with van der Waals surface area (Å²) in [5, 5.41) is 12.0. The van der Waals surface area contributed by atoms with Crippen LogP contribution in [-0.4, -0.2) is 35.4 Å². The SMILES string of the molecule is CCCc1nnc(NC(=O)c2cc(S(=O)(=O)N3CCc4ccccc4C3)ccc2Cl)s1. The lowest BCUT2D eigenvalue weighted by molar-refractivity contribution is 0.102. The van der Waals surface area contributed by atoms with Crippen molar-refractivity contribution < 1.29 is 13.2 Å². The summed E-state index contributed by atoms with van der Waals surface area (Å²) in [5.74, 6) is -0.523. The van der Waals surface area contributed by atoms with Crippen molar-refractivity contribution in [1.82, 2.24) is 14.5 Å². The maximum atomic E-state index is 13.2. The standard InChI is InChI=1S/C21H21ClN4O3S2/c1-2-5-19-24-25-21(30-19)23-20(27)17-12-16(8-9-18(17)22)31(28,29)26-11-10-14-6-3-4-7-15(14)13-26/h3-4,6-9,12H,2,5,10-11,13H2,1H3,(H,23,25,27). The summed E-state index contributed by atoms with van der Waals surface area (Å²) in [7, 11) is -3.78. The Morgan fingerprint density at radius 3 is 2.74 bits per heavy atom. The van der Waals surface area contributed by atoms with Gasteiger partial charge in [0.15, 0.2) is 0 Å². The van der Waals surface area contributed by atoms with Crippen molar-refractivity contribution in [2.45, 2.75) is 37.6 Å². The zero-order valence-electron chi connectivity index (χ0n) is 16.8. The number of rotatable bonds is 6. The van der Waals surface area contributed by atoms with Gasteiger partial charge in [0, 0.05) is 19.5 Å². The molecule has 0 fully saturated rings. The van der Waals surface area contributed by atoms with E-state index in [2.05, 4.69) is 15.5 Å². The molecule has 1 aliphatic rings. The second-order valence-electron chi connectivity index (χ2n) is 7.20. The number of sulfonamides is 1. The first kappa shape index (κ1) is 21.9. The highest BCUT2D eigenvalue weighted by molar-refractivity contribution is 7.89. The summed E-state index contributed by atoms with van der Waals surface area (Å²) < 4.78 is 27.9. The van der Waals surface area contributed by atoms with E-state index >= 15 is 0 Å². The van der Waals surface area contributed by atoms with Crippen molar-refractivity contribution in [2.75, 3.05) is 11.9 Å². The Bertz CT molecular complexity index is 1230. The smallest absolute Gasteiger partial charge is 0.259 e. The van der Waals surface area contributed by atoms with Crippen LogP contribution < -0.4 is 5.32 Å². The van der Waals surface area contributed by atoms with Crippen LogP contribution in [0.15, 0.2) is 47.4 Å². The van der Waals surface area contributed by atoms with Crippen LogP contribution in [0.1, 0.15) is 39.8 Å². The molecule has 3 aromatic rings. The van der Waals surface area contributed by atoms with E-state index in [1.807, 2.05) is 31.2 Å². The van der Waals surface area contributed by atoms with E-state index in [1.54, 1.807) is 0 Å². The van der Waals surface area contributed by atoms with Crippen LogP contribution in [0, 0.1) is 0 Å². The Morgan fingerprint density at radius 1 is 1.19 bits per heavy atom. The lowest BCUT2D eigenvalue weighted by atomic mass is 10.0. The fourth-order valence-corrected chi connectivity index (χ4v) is 5.93. The van der Waals surface area contributed by atoms with Gasteiger partial charge in [0.2, 0.25) is 15.2 Å². The van der Waals surface area contributed by atoms with Gasteiger partial charge >= 0.3 is 0 Å². The van der Waals surface area contributed by atoms with Crippen molar-refractivity contribution in [3.05, 3.63) is 69.2 Å². The molecular formula is C21H21ClN4O3S2. The van der Waals surface area contributed by atoms with Gasteiger partial charge in [0.05, 0.1) is 15.5 Å². The number of hydrogen-bond acceptors (Lipinski definition) is 6. The number of aryl methyl sites for hydroxylation is 1. The summed E-state index contributed by atoms with van der Waals surface area (Å²) >= 11 is 7.50. The molecule has 1 aliphatic heterocycles. The number of halogens is 1. The maximum Gasteiger partial charge on any atom is 0.259 e. The van der Waals surface area contributed by atoms with Gasteiger partial charge in [-0.2, -0.15) is 4.31 Å². The molecule has 31 heavy (non-hydrogen) atoms. The van der Waals surface area contributed by atoms with E-state index in [-0.39, 0.29) is 15.5 Å². The van der Waals surface area contributed by atoms with E-state index in [0.717, 1.165) is 29.0 Å². The lowest BCUT2D eigenvalue weighted by Gasteiger charge is -2.28. The second kappa shape index (κ2) is 9.04. The molecule has 7 nitrogen and oxygen atoms in total. The topological polar surface area (TPSA) is 92.3 Å². The maximum absolute atomic E-state index is 13.2. The van der Waals surface area contributed by atoms with Gasteiger partial charge in [0.1, 0.15) is 5.01 Å². The molecule has 162 valence electrons. The summed E-state index contributed by atoms with van der Waals surface area (Å²) in [4.78, 5) is 12.8. The zero-order chi connectivity index (χ0) is 22.0. The molecule has 0 saturated carbocycles. The molecule has 1 aromatic heterocycles. The molecule has 0 radical (unpaired) electrons. The highest BCUT2D eigenvalue weighted by Crippen LogP contribution is 2.28. The van der Waals surface area contributed by atoms with Gasteiger partial charge in [0.25, 0.3) is 5.91 Å². The van der Waals surface area contributed by atoms with Gasteiger partial charge in [-0.15, -0.1) is 10.2 Å². The van der Waals surface area contributed by atoms with Crippen molar-refractivity contribution in [2.24, 2.45) is 0 Å². The predicted octanol–water partition coefficient (Wildman–Crippen LogP) is 4.14. The third kappa shape index (κ3) is 4.64. The van der Waals surface area contributed by atoms with Crippen LogP contribution in [-0.2, 0) is 29.4 Å². The molecule has 0 atom stereocenters. The number of fused-ring (bicyclic) bond motifs is 1. The monoisotopic (exact) mass is 476 g/mol. The molecule has 0 aliphatic carbocycles. The molecule has 10 heteroatoms. The minimum atomic E-state index is -3.78. The molecule has 2 heterocycles. The Balaban J connectivity index is 1.57. The fourth-order valence-electron chi connectivity index (χ4n) is 3.45. The first-order chi connectivity index (χ1) is 14.9. The lowest BCUT2D eigenvalue weighted by Crippen LogP contribution is -2.36. The van der Waals surface area contributed by atoms with Crippen molar-refractivity contribution in [3.63, 3.8) is 0 Å². The number of aromatic nitrogens is 2. The van der Waals surface area contributed by atoms with Crippen LogP contribution in [0.2, 0.25) is 5.02 Å². The molecule has 1 amide bonds. The van der Waals surface area contributed by atoms with Crippen molar-refractivity contribution in [1.29, 1.82) is 0 Å². The van der Waals surface area contributed by atoms with E-state index in [4.69, 9.17) is 11.6 Å². The molecule has 0 bridgehead atoms. The van der Waals surface area contributed by atoms with Gasteiger partial charge in [-0.3, -0.25) is 10.1 Å². The summed E-state index contributed by atoms with van der Waals surface area (Å²) in [6.45, 7) is 2.72. The quantitative estimate of drug-likeness (QED) is 0.577. The second-order valence-corrected chi connectivity index (χ2v) is 10.6. The van der Waals surface area contributed by atoms with Crippen molar-refractivity contribution >= 4 is 44.0 Å². The van der Waals surface area contributed by atoms with Crippen LogP contribution in [0.5, 0.6) is 0 Å². The summed E-state index contributed by atoms with van der Waals surface area (Å²) in [5.41, 5.74) is 2.22. The molecule has 4 rings (SSSR count). The van der Waals surface area contributed by atoms with E-state index in [0.29, 0.717) is 24.6 Å². The average molecular weight is 477 g/mol. The molecular weight excluding hydrogens is 456 g/mol. The normalized spacial score (nSPS) is 14.3. The van der Waals surface area contributed by atoms with Gasteiger partial charge < -0.3 is 0 Å². The zero-order valence-corrected chi connectivity index (χ0v) is 19.2. The number of anilines is 1. The molecule has 0 spiro atoms. The average Bonchev–Trinajstić information content (AvgIpc) is 3.20. The van der Waals surface area contributed by atoms with Crippen molar-refractivity contribution in [3.8, 4) is 0 Å². The highest BCUT2D eigenvalue weighted by Gasteiger charge is 2.29. The molecule has 1 N–H and O–H groups in total. The Labute approximate surface area is 190 Å². The summed E-state index contributed by atoms with van der Waals surface area (Å²) in [6, 6.07) is 12.0. The number of hydrogen-bond donors (Lipinski definition) is 1. The molecule has 0 saturated heterocycles. The minimum Gasteiger partial charge on any atom is -0.296 e. The number of carbonyl (C=O) groups excluding carboxylic acids is 1. The largest absolute Gasteiger partial charge is 0.296 e. The first-order valence-electron chi connectivity index (χ1n) is 9.88. The minimum absolute atomic E-state index is 0.0327. The van der Waals surface area contributed by atoms with Gasteiger partial charge in [-0.25, -0.2) is 8.42 Å². The third-order valence-corrected chi connectivity index (χ3v) is 8.14. The third-order valence-electron chi connectivity index (χ3n) is 5.07. The van der Waals surface area contributed by atoms with E-state index < -0.39 is 15.9 Å². The Morgan fingerprint density at radius 2 is 1.97 bits per heavy atom. The van der Waals surface area contributed by atoms with Gasteiger partial charge in [-0.1, -0.05) is 54.1 Å². The molecule has 0 unspecified atom stereocenters. The highest BCUT2D eigenvalue weighted by atomic mass is 35.5. The van der Waals surface area contributed by atoms with Crippen LogP contribution in [0.3, 0.4) is 0 Å². The Kier molecular flexibility index (Phi) is 6.38. The molecule has 2 aromatic carbocycles. The number of amides is 1. The van der Waals surface area contributed by atoms with Crippen LogP contribution in [0.4, 0.5) is 5.13 Å². The van der Waals surface area contributed by atoms with Gasteiger partial charge in [-0.05, 0) is 42.2 Å². The Hall–Kier alpha value is -2.33. The number of carbonyl (C=O) groups is 1. The number of nitrogens with one attached hydrogen (secondary N) is 1. The number of benzene rings is 2. The predicted molar refractivity (Wildman–Crippen MR) is 121 cm³/mol. The first-order valence-corrected chi connectivity index (χ1v) is 12.5. The van der Waals surface area contributed by atoms with Crippen LogP contribution >= 0.6 is 22.9 Å².